The number of hydrogen-bond donors (Lipinski definition) is 0. The molecule has 1 aromatic carbocycles. The maximum Gasteiger partial charge on any atom is 0.303 e. The van der Waals surface area contributed by atoms with Gasteiger partial charge in [0.25, 0.3) is 0 Å². The fraction of sp³-hybridized carbons (Fsp3) is 0.571. The molecule has 0 aromatic heterocycles. The van der Waals surface area contributed by atoms with Gasteiger partial charge in [-0.05, 0) is 30.5 Å². The van der Waals surface area contributed by atoms with Crippen molar-refractivity contribution in [2.45, 2.75) is 18.3 Å². The third-order valence-electron chi connectivity index (χ3n) is 4.14. The summed E-state index contributed by atoms with van der Waals surface area (Å²) in [7, 11) is -9.43. The van der Waals surface area contributed by atoms with E-state index >= 15 is 0 Å². The molecule has 1 fully saturated rings. The van der Waals surface area contributed by atoms with Gasteiger partial charge in [-0.15, -0.1) is 7.77 Å². The molecule has 1 aliphatic rings. The second-order valence-corrected chi connectivity index (χ2v) is 9.02. The molecule has 5 nitrogen and oxygen atoms in total. The Kier molecular flexibility index (Phi) is 5.61. The lowest BCUT2D eigenvalue weighted by atomic mass is 9.95. The molecule has 0 atom stereocenters. The largest absolute Gasteiger partial charge is 0.303 e. The molecule has 0 spiro atoms. The molecule has 1 saturated carbocycles. The number of nitrogens with zero attached hydrogens (tertiary/aromatic N) is 1. The van der Waals surface area contributed by atoms with Crippen molar-refractivity contribution in [1.82, 2.24) is 4.90 Å². The summed E-state index contributed by atoms with van der Waals surface area (Å²) in [5.41, 5.74) is 0.466. The molecule has 0 N–H and O–H groups in total. The fourth-order valence-corrected chi connectivity index (χ4v) is 3.62. The van der Waals surface area contributed by atoms with Gasteiger partial charge in [0.1, 0.15) is 5.82 Å². The minimum Gasteiger partial charge on any atom is -0.300 e. The van der Waals surface area contributed by atoms with E-state index in [1.807, 2.05) is 0 Å². The first-order valence-electron chi connectivity index (χ1n) is 7.32. The molecule has 0 heterocycles. The van der Waals surface area contributed by atoms with Crippen molar-refractivity contribution in [3.8, 4) is 0 Å². The van der Waals surface area contributed by atoms with Crippen molar-refractivity contribution in [2.75, 3.05) is 31.1 Å². The monoisotopic (exact) mass is 385 g/mol. The third kappa shape index (κ3) is 6.06. The molecular formula is C14H18F3NO4S2. The van der Waals surface area contributed by atoms with Crippen molar-refractivity contribution >= 4 is 20.4 Å². The van der Waals surface area contributed by atoms with Crippen molar-refractivity contribution in [2.24, 2.45) is 0 Å². The molecule has 10 heteroatoms. The first-order chi connectivity index (χ1) is 11.0. The summed E-state index contributed by atoms with van der Waals surface area (Å²) >= 11 is 0. The van der Waals surface area contributed by atoms with Crippen molar-refractivity contribution < 1.29 is 29.0 Å². The van der Waals surface area contributed by atoms with E-state index in [1.165, 1.54) is 17.0 Å². The Hall–Kier alpha value is -1.13. The molecule has 136 valence electrons. The second-order valence-electron chi connectivity index (χ2n) is 6.05. The maximum absolute atomic E-state index is 13.0. The van der Waals surface area contributed by atoms with E-state index in [4.69, 9.17) is 0 Å². The molecule has 0 unspecified atom stereocenters. The zero-order valence-electron chi connectivity index (χ0n) is 12.8. The van der Waals surface area contributed by atoms with E-state index in [2.05, 4.69) is 0 Å². The summed E-state index contributed by atoms with van der Waals surface area (Å²) < 4.78 is 81.3. The normalized spacial score (nSPS) is 17.2. The van der Waals surface area contributed by atoms with E-state index in [-0.39, 0.29) is 25.0 Å². The van der Waals surface area contributed by atoms with Crippen LogP contribution in [0, 0.1) is 5.82 Å². The summed E-state index contributed by atoms with van der Waals surface area (Å²) in [6.07, 6.45) is 1.50. The van der Waals surface area contributed by atoms with Gasteiger partial charge in [0.15, 0.2) is 0 Å². The molecule has 1 aliphatic carbocycles. The van der Waals surface area contributed by atoms with Gasteiger partial charge < -0.3 is 4.90 Å². The van der Waals surface area contributed by atoms with Gasteiger partial charge in [-0.25, -0.2) is 4.39 Å². The first kappa shape index (κ1) is 19.2. The molecule has 0 saturated heterocycles. The molecular weight excluding hydrogens is 367 g/mol. The third-order valence-corrected chi connectivity index (χ3v) is 5.48. The number of hydrogen-bond acceptors (Lipinski definition) is 5. The molecule has 2 rings (SSSR count). The van der Waals surface area contributed by atoms with Crippen LogP contribution in [0.3, 0.4) is 0 Å². The van der Waals surface area contributed by atoms with Crippen LogP contribution >= 0.6 is 0 Å². The summed E-state index contributed by atoms with van der Waals surface area (Å²) in [4.78, 5) is 1.42. The predicted molar refractivity (Wildman–Crippen MR) is 83.5 cm³/mol. The van der Waals surface area contributed by atoms with Crippen LogP contribution in [0.4, 0.5) is 12.2 Å². The highest BCUT2D eigenvalue weighted by Crippen LogP contribution is 2.48. The van der Waals surface area contributed by atoms with Gasteiger partial charge in [-0.2, -0.15) is 16.8 Å². The number of benzene rings is 1. The zero-order valence-corrected chi connectivity index (χ0v) is 14.4. The summed E-state index contributed by atoms with van der Waals surface area (Å²) in [6.45, 7) is -0.224. The summed E-state index contributed by atoms with van der Waals surface area (Å²) in [5.74, 6) is -1.98. The molecule has 1 aromatic rings. The quantitative estimate of drug-likeness (QED) is 0.606. The van der Waals surface area contributed by atoms with E-state index in [0.29, 0.717) is 0 Å². The molecule has 0 radical (unpaired) electrons. The van der Waals surface area contributed by atoms with E-state index in [0.717, 1.165) is 18.4 Å². The lowest BCUT2D eigenvalue weighted by Gasteiger charge is -2.27. The Balaban J connectivity index is 2.09. The molecule has 24 heavy (non-hydrogen) atoms. The van der Waals surface area contributed by atoms with Gasteiger partial charge in [0.2, 0.25) is 0 Å². The first-order valence-corrected chi connectivity index (χ1v) is 10.4. The summed E-state index contributed by atoms with van der Waals surface area (Å²) in [6, 6.07) is 5.83. The van der Waals surface area contributed by atoms with Crippen LogP contribution in [0.15, 0.2) is 24.3 Å². The van der Waals surface area contributed by atoms with Gasteiger partial charge in [-0.3, -0.25) is 0 Å². The Morgan fingerprint density at radius 2 is 1.38 bits per heavy atom. The minimum atomic E-state index is -4.71. The van der Waals surface area contributed by atoms with E-state index in [1.54, 1.807) is 12.1 Å². The lowest BCUT2D eigenvalue weighted by molar-refractivity contribution is 0.274. The van der Waals surface area contributed by atoms with Gasteiger partial charge in [0, 0.05) is 25.0 Å². The smallest absolute Gasteiger partial charge is 0.300 e. The van der Waals surface area contributed by atoms with E-state index < -0.39 is 37.8 Å². The summed E-state index contributed by atoms with van der Waals surface area (Å²) in [5, 5.41) is 0. The van der Waals surface area contributed by atoms with Crippen LogP contribution in [0.1, 0.15) is 18.4 Å². The van der Waals surface area contributed by atoms with Crippen LogP contribution in [0.25, 0.3) is 0 Å². The zero-order chi connectivity index (χ0) is 18.0. The van der Waals surface area contributed by atoms with Crippen LogP contribution < -0.4 is 0 Å². The SMILES string of the molecule is O=S(=O)(F)CCN(CCS(=O)(=O)F)CC1(c2ccc(F)cc2)CC1. The maximum atomic E-state index is 13.0. The molecule has 0 amide bonds. The average Bonchev–Trinajstić information content (AvgIpc) is 3.22. The van der Waals surface area contributed by atoms with Crippen LogP contribution in [-0.2, 0) is 25.9 Å². The Bertz CT molecular complexity index is 739. The van der Waals surface area contributed by atoms with Crippen LogP contribution in [-0.4, -0.2) is 52.9 Å². The standard InChI is InChI=1S/C14H18F3NO4S2/c15-13-3-1-12(2-4-13)14(5-6-14)11-18(7-9-23(16,19)20)8-10-24(17,21)22/h1-4H,5-11H2. The Morgan fingerprint density at radius 1 is 0.917 bits per heavy atom. The predicted octanol–water partition coefficient (Wildman–Crippen LogP) is 1.76. The van der Waals surface area contributed by atoms with Crippen molar-refractivity contribution in [3.05, 3.63) is 35.6 Å². The highest BCUT2D eigenvalue weighted by atomic mass is 32.3. The minimum absolute atomic E-state index is 0.239. The highest BCUT2D eigenvalue weighted by molar-refractivity contribution is 7.86. The van der Waals surface area contributed by atoms with Crippen LogP contribution in [0.2, 0.25) is 0 Å². The highest BCUT2D eigenvalue weighted by Gasteiger charge is 2.45. The number of halogens is 3. The van der Waals surface area contributed by atoms with Crippen molar-refractivity contribution in [1.29, 1.82) is 0 Å². The Morgan fingerprint density at radius 3 is 1.75 bits per heavy atom. The second kappa shape index (κ2) is 7.01. The molecule has 0 aliphatic heterocycles. The average molecular weight is 385 g/mol. The van der Waals surface area contributed by atoms with Crippen molar-refractivity contribution in [3.63, 3.8) is 0 Å². The van der Waals surface area contributed by atoms with Crippen LogP contribution in [0.5, 0.6) is 0 Å². The lowest BCUT2D eigenvalue weighted by Crippen LogP contribution is -2.38. The number of rotatable bonds is 9. The Labute approximate surface area is 139 Å². The van der Waals surface area contributed by atoms with Gasteiger partial charge in [-0.1, -0.05) is 12.1 Å². The van der Waals surface area contributed by atoms with Gasteiger partial charge >= 0.3 is 20.4 Å². The van der Waals surface area contributed by atoms with E-state index in [9.17, 15) is 29.0 Å². The molecule has 0 bridgehead atoms. The van der Waals surface area contributed by atoms with Gasteiger partial charge in [0.05, 0.1) is 11.5 Å². The fourth-order valence-electron chi connectivity index (χ4n) is 2.67. The topological polar surface area (TPSA) is 71.5 Å².